The van der Waals surface area contributed by atoms with Crippen LogP contribution in [0.5, 0.6) is 0 Å². The summed E-state index contributed by atoms with van der Waals surface area (Å²) in [4.78, 5) is 7.30. The van der Waals surface area contributed by atoms with Crippen molar-refractivity contribution in [2.45, 2.75) is 26.1 Å². The summed E-state index contributed by atoms with van der Waals surface area (Å²) < 4.78 is 2.19. The van der Waals surface area contributed by atoms with Crippen molar-refractivity contribution in [3.8, 4) is 11.4 Å². The van der Waals surface area contributed by atoms with Crippen molar-refractivity contribution in [2.24, 2.45) is 12.8 Å². The molecule has 0 saturated heterocycles. The molecule has 1 aliphatic heterocycles. The molecule has 0 radical (unpaired) electrons. The molecule has 0 amide bonds. The molecule has 0 spiro atoms. The number of benzene rings is 2. The first-order valence-electron chi connectivity index (χ1n) is 8.15. The van der Waals surface area contributed by atoms with Crippen LogP contribution in [-0.4, -0.2) is 27.0 Å². The van der Waals surface area contributed by atoms with Crippen LogP contribution in [0.4, 0.5) is 0 Å². The van der Waals surface area contributed by atoms with E-state index in [-0.39, 0.29) is 0 Å². The number of hydrogen-bond donors (Lipinski definition) is 1. The van der Waals surface area contributed by atoms with Crippen LogP contribution in [0.1, 0.15) is 18.1 Å². The van der Waals surface area contributed by atoms with Crippen LogP contribution in [0.3, 0.4) is 0 Å². The number of fused-ring (bicyclic) bond motifs is 2. The Labute approximate surface area is 136 Å². The number of aryl methyl sites for hydroxylation is 1. The molecular weight excluding hydrogens is 284 g/mol. The van der Waals surface area contributed by atoms with E-state index in [9.17, 15) is 0 Å². The van der Waals surface area contributed by atoms with Gasteiger partial charge in [0.05, 0.1) is 11.0 Å². The van der Waals surface area contributed by atoms with Gasteiger partial charge in [-0.2, -0.15) is 0 Å². The number of nitrogens with zero attached hydrogens (tertiary/aromatic N) is 3. The van der Waals surface area contributed by atoms with Gasteiger partial charge in [0.25, 0.3) is 0 Å². The van der Waals surface area contributed by atoms with Gasteiger partial charge < -0.3 is 10.3 Å². The standard InChI is InChI=1S/C19H22N4/c1-13(10-20)23-11-15-8-17-18(9-16(15)12-23)22(2)19(21-17)14-6-4-3-5-7-14/h3-9,13H,10-12,20H2,1-2H3. The Morgan fingerprint density at radius 3 is 2.52 bits per heavy atom. The largest absolute Gasteiger partial charge is 0.329 e. The van der Waals surface area contributed by atoms with E-state index in [1.54, 1.807) is 0 Å². The minimum atomic E-state index is 0.415. The number of hydrogen-bond acceptors (Lipinski definition) is 3. The lowest BCUT2D eigenvalue weighted by Gasteiger charge is -2.21. The summed E-state index contributed by atoms with van der Waals surface area (Å²) in [5, 5.41) is 0. The summed E-state index contributed by atoms with van der Waals surface area (Å²) in [5.74, 6) is 1.02. The van der Waals surface area contributed by atoms with Crippen molar-refractivity contribution >= 4 is 11.0 Å². The molecule has 0 saturated carbocycles. The zero-order valence-corrected chi connectivity index (χ0v) is 13.7. The summed E-state index contributed by atoms with van der Waals surface area (Å²) in [7, 11) is 2.10. The molecule has 4 rings (SSSR count). The van der Waals surface area contributed by atoms with E-state index >= 15 is 0 Å². The lowest BCUT2D eigenvalue weighted by atomic mass is 10.1. The van der Waals surface area contributed by atoms with Crippen LogP contribution in [-0.2, 0) is 20.1 Å². The predicted octanol–water partition coefficient (Wildman–Crippen LogP) is 2.90. The van der Waals surface area contributed by atoms with Gasteiger partial charge in [0.15, 0.2) is 0 Å². The van der Waals surface area contributed by atoms with E-state index in [4.69, 9.17) is 10.7 Å². The normalized spacial score (nSPS) is 16.0. The molecule has 3 aromatic rings. The Morgan fingerprint density at radius 1 is 1.13 bits per heavy atom. The Morgan fingerprint density at radius 2 is 1.83 bits per heavy atom. The zero-order chi connectivity index (χ0) is 16.0. The third kappa shape index (κ3) is 2.35. The summed E-state index contributed by atoms with van der Waals surface area (Å²) in [5.41, 5.74) is 12.0. The van der Waals surface area contributed by atoms with Crippen molar-refractivity contribution < 1.29 is 0 Å². The average Bonchev–Trinajstić information content (AvgIpc) is 3.14. The highest BCUT2D eigenvalue weighted by Gasteiger charge is 2.24. The van der Waals surface area contributed by atoms with E-state index in [0.29, 0.717) is 12.6 Å². The maximum Gasteiger partial charge on any atom is 0.140 e. The van der Waals surface area contributed by atoms with Crippen LogP contribution in [0.15, 0.2) is 42.5 Å². The fourth-order valence-corrected chi connectivity index (χ4v) is 3.42. The topological polar surface area (TPSA) is 47.1 Å². The molecular formula is C19H22N4. The van der Waals surface area contributed by atoms with Gasteiger partial charge in [0.1, 0.15) is 5.82 Å². The molecule has 118 valence electrons. The van der Waals surface area contributed by atoms with E-state index in [1.807, 2.05) is 6.07 Å². The van der Waals surface area contributed by atoms with E-state index in [2.05, 4.69) is 59.8 Å². The smallest absolute Gasteiger partial charge is 0.140 e. The zero-order valence-electron chi connectivity index (χ0n) is 13.7. The summed E-state index contributed by atoms with van der Waals surface area (Å²) in [6, 6.07) is 15.3. The highest BCUT2D eigenvalue weighted by atomic mass is 15.2. The lowest BCUT2D eigenvalue weighted by Crippen LogP contribution is -2.34. The van der Waals surface area contributed by atoms with Gasteiger partial charge >= 0.3 is 0 Å². The molecule has 1 aliphatic rings. The first-order valence-corrected chi connectivity index (χ1v) is 8.15. The Bertz CT molecular complexity index is 851. The summed E-state index contributed by atoms with van der Waals surface area (Å²) >= 11 is 0. The van der Waals surface area contributed by atoms with Gasteiger partial charge in [-0.15, -0.1) is 0 Å². The summed E-state index contributed by atoms with van der Waals surface area (Å²) in [6.45, 7) is 4.84. The van der Waals surface area contributed by atoms with Crippen molar-refractivity contribution in [1.29, 1.82) is 0 Å². The number of rotatable bonds is 3. The molecule has 0 fully saturated rings. The summed E-state index contributed by atoms with van der Waals surface area (Å²) in [6.07, 6.45) is 0. The molecule has 4 heteroatoms. The molecule has 2 heterocycles. The molecule has 2 aromatic carbocycles. The van der Waals surface area contributed by atoms with Gasteiger partial charge in [0.2, 0.25) is 0 Å². The monoisotopic (exact) mass is 306 g/mol. The van der Waals surface area contributed by atoms with Gasteiger partial charge in [-0.05, 0) is 30.2 Å². The van der Waals surface area contributed by atoms with Crippen molar-refractivity contribution in [1.82, 2.24) is 14.5 Å². The van der Waals surface area contributed by atoms with Crippen LogP contribution >= 0.6 is 0 Å². The van der Waals surface area contributed by atoms with Crippen molar-refractivity contribution in [2.75, 3.05) is 6.54 Å². The Balaban J connectivity index is 1.77. The number of nitrogens with two attached hydrogens (primary N) is 1. The second-order valence-electron chi connectivity index (χ2n) is 6.46. The molecule has 0 aliphatic carbocycles. The Hall–Kier alpha value is -2.17. The van der Waals surface area contributed by atoms with Crippen molar-refractivity contribution in [3.05, 3.63) is 53.6 Å². The second kappa shape index (κ2) is 5.48. The molecule has 23 heavy (non-hydrogen) atoms. The van der Waals surface area contributed by atoms with Crippen LogP contribution < -0.4 is 5.73 Å². The lowest BCUT2D eigenvalue weighted by molar-refractivity contribution is 0.218. The van der Waals surface area contributed by atoms with E-state index in [0.717, 1.165) is 30.0 Å². The predicted molar refractivity (Wildman–Crippen MR) is 93.9 cm³/mol. The number of aromatic nitrogens is 2. The highest BCUT2D eigenvalue weighted by Crippen LogP contribution is 2.31. The average molecular weight is 306 g/mol. The second-order valence-corrected chi connectivity index (χ2v) is 6.46. The van der Waals surface area contributed by atoms with Gasteiger partial charge in [-0.1, -0.05) is 30.3 Å². The van der Waals surface area contributed by atoms with Crippen LogP contribution in [0.25, 0.3) is 22.4 Å². The molecule has 1 aromatic heterocycles. The third-order valence-corrected chi connectivity index (χ3v) is 4.95. The minimum absolute atomic E-state index is 0.415. The molecule has 0 bridgehead atoms. The fourth-order valence-electron chi connectivity index (χ4n) is 3.42. The molecule has 1 atom stereocenters. The SMILES string of the molecule is CC(CN)N1Cc2cc3nc(-c4ccccc4)n(C)c3cc2C1. The minimum Gasteiger partial charge on any atom is -0.329 e. The molecule has 4 nitrogen and oxygen atoms in total. The maximum absolute atomic E-state index is 5.82. The van der Waals surface area contributed by atoms with Crippen LogP contribution in [0.2, 0.25) is 0 Å². The van der Waals surface area contributed by atoms with E-state index in [1.165, 1.54) is 16.6 Å². The van der Waals surface area contributed by atoms with E-state index < -0.39 is 0 Å². The Kier molecular flexibility index (Phi) is 3.43. The first-order chi connectivity index (χ1) is 11.2. The van der Waals surface area contributed by atoms with Crippen LogP contribution in [0, 0.1) is 0 Å². The van der Waals surface area contributed by atoms with Gasteiger partial charge in [-0.25, -0.2) is 4.98 Å². The maximum atomic E-state index is 5.82. The van der Waals surface area contributed by atoms with Gasteiger partial charge in [0, 0.05) is 38.3 Å². The highest BCUT2D eigenvalue weighted by molar-refractivity contribution is 5.82. The van der Waals surface area contributed by atoms with Gasteiger partial charge in [-0.3, -0.25) is 4.90 Å². The molecule has 2 N–H and O–H groups in total. The van der Waals surface area contributed by atoms with Crippen molar-refractivity contribution in [3.63, 3.8) is 0 Å². The first kappa shape index (κ1) is 14.4. The quantitative estimate of drug-likeness (QED) is 0.809. The third-order valence-electron chi connectivity index (χ3n) is 4.95. The number of imidazole rings is 1. The molecule has 1 unspecified atom stereocenters. The fraction of sp³-hybridized carbons (Fsp3) is 0.316.